The summed E-state index contributed by atoms with van der Waals surface area (Å²) in [4.78, 5) is 12.7. The van der Waals surface area contributed by atoms with E-state index in [-0.39, 0.29) is 5.91 Å². The zero-order valence-corrected chi connectivity index (χ0v) is 21.9. The Balaban J connectivity index is 1.34. The van der Waals surface area contributed by atoms with Crippen molar-refractivity contribution in [2.75, 3.05) is 19.0 Å². The third-order valence-corrected chi connectivity index (χ3v) is 6.45. The Labute approximate surface area is 217 Å². The quantitative estimate of drug-likeness (QED) is 0.205. The molecule has 3 aromatic rings. The van der Waals surface area contributed by atoms with Crippen LogP contribution in [-0.4, -0.2) is 19.6 Å². The highest BCUT2D eigenvalue weighted by Crippen LogP contribution is 2.23. The summed E-state index contributed by atoms with van der Waals surface area (Å²) in [5, 5.41) is 2.96. The molecule has 0 atom stereocenters. The van der Waals surface area contributed by atoms with Crippen LogP contribution in [0, 0.1) is 0 Å². The van der Waals surface area contributed by atoms with Gasteiger partial charge in [0, 0.05) is 11.3 Å². The number of amides is 1. The van der Waals surface area contributed by atoms with Gasteiger partial charge in [0.25, 0.3) is 5.91 Å². The Morgan fingerprint density at radius 3 is 1.69 bits per heavy atom. The number of carbonyl (C=O) groups is 1. The predicted octanol–water partition coefficient (Wildman–Crippen LogP) is 8.91. The van der Waals surface area contributed by atoms with Gasteiger partial charge in [-0.15, -0.1) is 0 Å². The molecule has 0 aliphatic rings. The smallest absolute Gasteiger partial charge is 0.255 e. The lowest BCUT2D eigenvalue weighted by Gasteiger charge is -2.09. The molecule has 4 nitrogen and oxygen atoms in total. The Morgan fingerprint density at radius 1 is 0.639 bits per heavy atom. The van der Waals surface area contributed by atoms with E-state index in [0.29, 0.717) is 5.56 Å². The largest absolute Gasteiger partial charge is 0.497 e. The highest BCUT2D eigenvalue weighted by molar-refractivity contribution is 6.04. The topological polar surface area (TPSA) is 47.6 Å². The zero-order chi connectivity index (χ0) is 25.4. The molecule has 0 spiro atoms. The van der Waals surface area contributed by atoms with Crippen molar-refractivity contribution in [3.63, 3.8) is 0 Å². The van der Waals surface area contributed by atoms with Gasteiger partial charge in [-0.05, 0) is 66.1 Å². The van der Waals surface area contributed by atoms with Crippen LogP contribution in [0.4, 0.5) is 5.69 Å². The molecule has 36 heavy (non-hydrogen) atoms. The van der Waals surface area contributed by atoms with Crippen molar-refractivity contribution in [1.29, 1.82) is 0 Å². The number of unbranched alkanes of at least 4 members (excludes halogenated alkanes) is 9. The molecule has 0 saturated heterocycles. The molecular weight excluding hydrogens is 446 g/mol. The first-order chi connectivity index (χ1) is 17.7. The number of methoxy groups -OCH3 is 1. The fourth-order valence-electron chi connectivity index (χ4n) is 4.21. The van der Waals surface area contributed by atoms with Gasteiger partial charge < -0.3 is 14.8 Å². The number of benzene rings is 3. The average Bonchev–Trinajstić information content (AvgIpc) is 2.93. The summed E-state index contributed by atoms with van der Waals surface area (Å²) in [5.74, 6) is 1.54. The summed E-state index contributed by atoms with van der Waals surface area (Å²) in [7, 11) is 1.66. The maximum atomic E-state index is 12.7. The summed E-state index contributed by atoms with van der Waals surface area (Å²) in [6.07, 6.45) is 13.2. The number of anilines is 1. The van der Waals surface area contributed by atoms with Gasteiger partial charge in [-0.3, -0.25) is 4.79 Å². The number of nitrogens with one attached hydrogen (secondary N) is 1. The lowest BCUT2D eigenvalue weighted by molar-refractivity contribution is 0.102. The number of hydrogen-bond donors (Lipinski definition) is 1. The molecule has 0 aliphatic heterocycles. The van der Waals surface area contributed by atoms with E-state index in [4.69, 9.17) is 9.47 Å². The lowest BCUT2D eigenvalue weighted by atomic mass is 10.0. The summed E-state index contributed by atoms with van der Waals surface area (Å²) >= 11 is 0. The number of carbonyl (C=O) groups excluding carboxylic acids is 1. The summed E-state index contributed by atoms with van der Waals surface area (Å²) in [6.45, 7) is 3.00. The highest BCUT2D eigenvalue weighted by atomic mass is 16.5. The van der Waals surface area contributed by atoms with Crippen LogP contribution in [0.2, 0.25) is 0 Å². The van der Waals surface area contributed by atoms with Gasteiger partial charge in [0.1, 0.15) is 11.5 Å². The van der Waals surface area contributed by atoms with Crippen molar-refractivity contribution in [2.24, 2.45) is 0 Å². The van der Waals surface area contributed by atoms with Crippen LogP contribution in [-0.2, 0) is 0 Å². The van der Waals surface area contributed by atoms with Crippen LogP contribution < -0.4 is 14.8 Å². The highest BCUT2D eigenvalue weighted by Gasteiger charge is 2.07. The average molecular weight is 488 g/mol. The second-order valence-corrected chi connectivity index (χ2v) is 9.31. The molecule has 4 heteroatoms. The van der Waals surface area contributed by atoms with E-state index >= 15 is 0 Å². The Kier molecular flexibility index (Phi) is 11.9. The van der Waals surface area contributed by atoms with Crippen molar-refractivity contribution < 1.29 is 14.3 Å². The number of ether oxygens (including phenoxy) is 2. The maximum absolute atomic E-state index is 12.7. The predicted molar refractivity (Wildman–Crippen MR) is 150 cm³/mol. The number of rotatable bonds is 16. The summed E-state index contributed by atoms with van der Waals surface area (Å²) < 4.78 is 11.1. The van der Waals surface area contributed by atoms with Crippen molar-refractivity contribution in [3.8, 4) is 22.6 Å². The van der Waals surface area contributed by atoms with Crippen LogP contribution in [0.15, 0.2) is 72.8 Å². The molecule has 0 fully saturated rings. The second kappa shape index (κ2) is 15.7. The van der Waals surface area contributed by atoms with Gasteiger partial charge >= 0.3 is 0 Å². The van der Waals surface area contributed by atoms with Crippen LogP contribution in [0.3, 0.4) is 0 Å². The molecule has 0 radical (unpaired) electrons. The first-order valence-electron chi connectivity index (χ1n) is 13.5. The fourth-order valence-corrected chi connectivity index (χ4v) is 4.21. The van der Waals surface area contributed by atoms with Crippen LogP contribution in [0.5, 0.6) is 11.5 Å². The fraction of sp³-hybridized carbons (Fsp3) is 0.406. The Hall–Kier alpha value is -3.27. The van der Waals surface area contributed by atoms with E-state index in [9.17, 15) is 4.79 Å². The zero-order valence-electron chi connectivity index (χ0n) is 21.9. The molecule has 0 unspecified atom stereocenters. The van der Waals surface area contributed by atoms with Crippen molar-refractivity contribution in [3.05, 3.63) is 78.4 Å². The first kappa shape index (κ1) is 27.3. The van der Waals surface area contributed by atoms with Gasteiger partial charge in [0.05, 0.1) is 13.7 Å². The van der Waals surface area contributed by atoms with E-state index < -0.39 is 0 Å². The van der Waals surface area contributed by atoms with E-state index in [1.807, 2.05) is 72.8 Å². The van der Waals surface area contributed by atoms with Gasteiger partial charge in [-0.1, -0.05) is 89.0 Å². The van der Waals surface area contributed by atoms with Crippen LogP contribution >= 0.6 is 0 Å². The molecular formula is C32H41NO3. The van der Waals surface area contributed by atoms with E-state index in [1.54, 1.807) is 7.11 Å². The number of hydrogen-bond acceptors (Lipinski definition) is 3. The molecule has 3 rings (SSSR count). The summed E-state index contributed by atoms with van der Waals surface area (Å²) in [6, 6.07) is 23.1. The van der Waals surface area contributed by atoms with E-state index in [1.165, 1.54) is 57.8 Å². The normalized spacial score (nSPS) is 10.7. The van der Waals surface area contributed by atoms with Gasteiger partial charge in [-0.25, -0.2) is 0 Å². The maximum Gasteiger partial charge on any atom is 0.255 e. The van der Waals surface area contributed by atoms with E-state index in [0.717, 1.165) is 41.3 Å². The Bertz CT molecular complexity index is 1010. The molecule has 192 valence electrons. The SMILES string of the molecule is CCCCCCCCCCCCOc1ccc(NC(=O)c2ccc(-c3ccc(OC)cc3)cc2)cc1. The molecule has 0 heterocycles. The van der Waals surface area contributed by atoms with Gasteiger partial charge in [-0.2, -0.15) is 0 Å². The van der Waals surface area contributed by atoms with Crippen molar-refractivity contribution in [2.45, 2.75) is 71.1 Å². The van der Waals surface area contributed by atoms with Crippen LogP contribution in [0.25, 0.3) is 11.1 Å². The molecule has 1 N–H and O–H groups in total. The third kappa shape index (κ3) is 9.41. The third-order valence-electron chi connectivity index (χ3n) is 6.45. The molecule has 0 aromatic heterocycles. The minimum atomic E-state index is -0.129. The van der Waals surface area contributed by atoms with Crippen LogP contribution in [0.1, 0.15) is 81.5 Å². The molecule has 1 amide bonds. The molecule has 0 saturated carbocycles. The standard InChI is InChI=1S/C32H41NO3/c1-3-4-5-6-7-8-9-10-11-12-25-36-31-23-19-29(20-24-31)33-32(34)28-15-13-26(14-16-28)27-17-21-30(35-2)22-18-27/h13-24H,3-12,25H2,1-2H3,(H,33,34). The summed E-state index contributed by atoms with van der Waals surface area (Å²) in [5.41, 5.74) is 3.51. The minimum Gasteiger partial charge on any atom is -0.497 e. The molecule has 0 bridgehead atoms. The van der Waals surface area contributed by atoms with Crippen molar-refractivity contribution in [1.82, 2.24) is 0 Å². The second-order valence-electron chi connectivity index (χ2n) is 9.31. The van der Waals surface area contributed by atoms with Crippen molar-refractivity contribution >= 4 is 11.6 Å². The van der Waals surface area contributed by atoms with Gasteiger partial charge in [0.15, 0.2) is 0 Å². The van der Waals surface area contributed by atoms with E-state index in [2.05, 4.69) is 12.2 Å². The molecule has 0 aliphatic carbocycles. The monoisotopic (exact) mass is 487 g/mol. The Morgan fingerprint density at radius 2 is 1.14 bits per heavy atom. The lowest BCUT2D eigenvalue weighted by Crippen LogP contribution is -2.11. The molecule has 3 aromatic carbocycles. The minimum absolute atomic E-state index is 0.129. The van der Waals surface area contributed by atoms with Gasteiger partial charge in [0.2, 0.25) is 0 Å². The first-order valence-corrected chi connectivity index (χ1v) is 13.5.